The first kappa shape index (κ1) is 11.7. The molecule has 0 saturated carbocycles. The molecule has 0 atom stereocenters. The van der Waals surface area contributed by atoms with E-state index < -0.39 is 0 Å². The Kier molecular flexibility index (Phi) is 3.69. The number of hydrogen-bond acceptors (Lipinski definition) is 1. The minimum absolute atomic E-state index is 0.521. The molecule has 2 nitrogen and oxygen atoms in total. The Bertz CT molecular complexity index is 457. The number of thiocarbonyl (C=S) groups is 1. The SMILES string of the molecule is S=C1[N]C(CCc2cccc(Cl)c2Cl)=CN1. The molecule has 1 aromatic rings. The summed E-state index contributed by atoms with van der Waals surface area (Å²) in [6, 6.07) is 5.64. The fourth-order valence-corrected chi connectivity index (χ4v) is 2.06. The second-order valence-corrected chi connectivity index (χ2v) is 4.58. The van der Waals surface area contributed by atoms with Gasteiger partial charge in [-0.3, -0.25) is 0 Å². The molecule has 0 bridgehead atoms. The highest BCUT2D eigenvalue weighted by molar-refractivity contribution is 7.80. The van der Waals surface area contributed by atoms with Gasteiger partial charge in [-0.1, -0.05) is 35.3 Å². The van der Waals surface area contributed by atoms with Crippen LogP contribution in [0.5, 0.6) is 0 Å². The van der Waals surface area contributed by atoms with Crippen molar-refractivity contribution in [2.75, 3.05) is 0 Å². The van der Waals surface area contributed by atoms with Gasteiger partial charge in [0.15, 0.2) is 5.11 Å². The maximum atomic E-state index is 6.08. The van der Waals surface area contributed by atoms with Crippen LogP contribution in [0, 0.1) is 0 Å². The predicted molar refractivity (Wildman–Crippen MR) is 70.7 cm³/mol. The number of nitrogens with one attached hydrogen (secondary N) is 1. The summed E-state index contributed by atoms with van der Waals surface area (Å²) in [5.74, 6) is 0. The number of benzene rings is 1. The predicted octanol–water partition coefficient (Wildman–Crippen LogP) is 3.26. The summed E-state index contributed by atoms with van der Waals surface area (Å²) >= 11 is 16.9. The Hall–Kier alpha value is -0.770. The largest absolute Gasteiger partial charge is 0.336 e. The smallest absolute Gasteiger partial charge is 0.197 e. The van der Waals surface area contributed by atoms with Crippen molar-refractivity contribution >= 4 is 40.5 Å². The quantitative estimate of drug-likeness (QED) is 0.855. The van der Waals surface area contributed by atoms with E-state index in [1.54, 1.807) is 6.07 Å². The van der Waals surface area contributed by atoms with E-state index in [0.717, 1.165) is 24.1 Å². The van der Waals surface area contributed by atoms with Gasteiger partial charge in [0.05, 0.1) is 15.7 Å². The van der Waals surface area contributed by atoms with Crippen LogP contribution in [0.4, 0.5) is 0 Å². The van der Waals surface area contributed by atoms with Crippen molar-refractivity contribution in [3.8, 4) is 0 Å². The maximum Gasteiger partial charge on any atom is 0.197 e. The van der Waals surface area contributed by atoms with Crippen molar-refractivity contribution in [3.05, 3.63) is 45.7 Å². The Morgan fingerprint density at radius 3 is 2.75 bits per heavy atom. The van der Waals surface area contributed by atoms with E-state index in [-0.39, 0.29) is 0 Å². The standard InChI is InChI=1S/C11H9Cl2N2S/c12-9-3-1-2-7(10(9)13)4-5-8-6-14-11(16)15-8/h1-3,6H,4-5H2,(H,14,16). The summed E-state index contributed by atoms with van der Waals surface area (Å²) in [4.78, 5) is 0. The summed E-state index contributed by atoms with van der Waals surface area (Å²) in [7, 11) is 0. The summed E-state index contributed by atoms with van der Waals surface area (Å²) < 4.78 is 0. The van der Waals surface area contributed by atoms with Gasteiger partial charge in [0.2, 0.25) is 0 Å². The van der Waals surface area contributed by atoms with Crippen LogP contribution in [0.15, 0.2) is 30.1 Å². The highest BCUT2D eigenvalue weighted by Crippen LogP contribution is 2.27. The molecule has 83 valence electrons. The van der Waals surface area contributed by atoms with Gasteiger partial charge in [-0.05, 0) is 36.7 Å². The van der Waals surface area contributed by atoms with Crippen LogP contribution < -0.4 is 10.6 Å². The first-order valence-corrected chi connectivity index (χ1v) is 5.97. The van der Waals surface area contributed by atoms with Crippen LogP contribution in [0.2, 0.25) is 10.0 Å². The van der Waals surface area contributed by atoms with E-state index in [9.17, 15) is 0 Å². The number of rotatable bonds is 3. The summed E-state index contributed by atoms with van der Waals surface area (Å²) in [5, 5.41) is 8.77. The topological polar surface area (TPSA) is 26.1 Å². The molecule has 1 radical (unpaired) electrons. The fraction of sp³-hybridized carbons (Fsp3) is 0.182. The van der Waals surface area contributed by atoms with Crippen molar-refractivity contribution in [2.24, 2.45) is 0 Å². The molecule has 2 rings (SSSR count). The van der Waals surface area contributed by atoms with Gasteiger partial charge in [-0.15, -0.1) is 0 Å². The first-order chi connectivity index (χ1) is 7.66. The molecule has 0 unspecified atom stereocenters. The molecule has 1 aliphatic rings. The van der Waals surface area contributed by atoms with Crippen LogP contribution in [0.1, 0.15) is 12.0 Å². The Morgan fingerprint density at radius 1 is 1.25 bits per heavy atom. The molecule has 0 aromatic heterocycles. The number of allylic oxidation sites excluding steroid dienone is 1. The third-order valence-corrected chi connectivity index (χ3v) is 3.36. The van der Waals surface area contributed by atoms with Gasteiger partial charge < -0.3 is 5.32 Å². The van der Waals surface area contributed by atoms with Crippen LogP contribution >= 0.6 is 35.4 Å². The van der Waals surface area contributed by atoms with Gasteiger partial charge in [0.1, 0.15) is 0 Å². The molecule has 0 spiro atoms. The molecule has 0 fully saturated rings. The molecule has 5 heteroatoms. The second-order valence-electron chi connectivity index (χ2n) is 3.41. The zero-order valence-corrected chi connectivity index (χ0v) is 10.7. The Morgan fingerprint density at radius 2 is 2.06 bits per heavy atom. The van der Waals surface area contributed by atoms with Crippen molar-refractivity contribution < 1.29 is 0 Å². The summed E-state index contributed by atoms with van der Waals surface area (Å²) in [6.07, 6.45) is 3.42. The van der Waals surface area contributed by atoms with Crippen LogP contribution in [-0.2, 0) is 6.42 Å². The van der Waals surface area contributed by atoms with Gasteiger partial charge in [0, 0.05) is 6.20 Å². The summed E-state index contributed by atoms with van der Waals surface area (Å²) in [6.45, 7) is 0. The van der Waals surface area contributed by atoms with Gasteiger partial charge in [-0.25, -0.2) is 5.32 Å². The molecule has 0 amide bonds. The molecule has 1 aliphatic heterocycles. The van der Waals surface area contributed by atoms with E-state index >= 15 is 0 Å². The van der Waals surface area contributed by atoms with Gasteiger partial charge in [0.25, 0.3) is 0 Å². The average molecular weight is 272 g/mol. The molecule has 0 saturated heterocycles. The lowest BCUT2D eigenvalue weighted by atomic mass is 10.1. The van der Waals surface area contributed by atoms with E-state index in [4.69, 9.17) is 35.4 Å². The van der Waals surface area contributed by atoms with E-state index in [0.29, 0.717) is 15.2 Å². The normalized spacial score (nSPS) is 14.4. The summed E-state index contributed by atoms with van der Waals surface area (Å²) in [5.41, 5.74) is 1.98. The van der Waals surface area contributed by atoms with E-state index in [1.165, 1.54) is 0 Å². The lowest BCUT2D eigenvalue weighted by molar-refractivity contribution is 0.891. The highest BCUT2D eigenvalue weighted by Gasteiger charge is 2.11. The number of halogens is 2. The van der Waals surface area contributed by atoms with Crippen molar-refractivity contribution in [2.45, 2.75) is 12.8 Å². The van der Waals surface area contributed by atoms with Crippen molar-refractivity contribution in [3.63, 3.8) is 0 Å². The van der Waals surface area contributed by atoms with Gasteiger partial charge >= 0.3 is 0 Å². The Balaban J connectivity index is 2.00. The number of aryl methyl sites for hydroxylation is 1. The van der Waals surface area contributed by atoms with Crippen LogP contribution in [0.25, 0.3) is 0 Å². The van der Waals surface area contributed by atoms with Crippen molar-refractivity contribution in [1.82, 2.24) is 10.6 Å². The highest BCUT2D eigenvalue weighted by atomic mass is 35.5. The minimum Gasteiger partial charge on any atom is -0.336 e. The molecule has 16 heavy (non-hydrogen) atoms. The lowest BCUT2D eigenvalue weighted by Crippen LogP contribution is -2.15. The number of hydrogen-bond donors (Lipinski definition) is 1. The zero-order valence-electron chi connectivity index (χ0n) is 8.34. The third-order valence-electron chi connectivity index (χ3n) is 2.29. The van der Waals surface area contributed by atoms with E-state index in [2.05, 4.69) is 10.6 Å². The minimum atomic E-state index is 0.521. The monoisotopic (exact) mass is 271 g/mol. The molecular weight excluding hydrogens is 263 g/mol. The van der Waals surface area contributed by atoms with Gasteiger partial charge in [-0.2, -0.15) is 0 Å². The molecule has 0 aliphatic carbocycles. The van der Waals surface area contributed by atoms with Crippen molar-refractivity contribution in [1.29, 1.82) is 0 Å². The van der Waals surface area contributed by atoms with Crippen LogP contribution in [0.3, 0.4) is 0 Å². The van der Waals surface area contributed by atoms with Crippen LogP contribution in [-0.4, -0.2) is 5.11 Å². The lowest BCUT2D eigenvalue weighted by Gasteiger charge is -2.05. The average Bonchev–Trinajstić information content (AvgIpc) is 2.67. The molecule has 1 heterocycles. The number of nitrogens with zero attached hydrogens (tertiary/aromatic N) is 1. The molecular formula is C11H9Cl2N2S. The fourth-order valence-electron chi connectivity index (χ4n) is 1.47. The molecule has 1 N–H and O–H groups in total. The van der Waals surface area contributed by atoms with E-state index in [1.807, 2.05) is 18.3 Å². The third kappa shape index (κ3) is 2.67. The second kappa shape index (κ2) is 5.04. The Labute approximate surface area is 110 Å². The first-order valence-electron chi connectivity index (χ1n) is 4.81. The zero-order chi connectivity index (χ0) is 11.5. The maximum absolute atomic E-state index is 6.08. The molecule has 1 aromatic carbocycles.